The lowest BCUT2D eigenvalue weighted by Gasteiger charge is -2.30. The standard InChI is InChI=1S/C16H31NO2/c1-13(2)5-4-11-17(3)16(19)15-8-6-14(7-9-15)10-12-18/h13-15,18H,4-12H2,1-3H3. The number of hydrogen-bond acceptors (Lipinski definition) is 2. The van der Waals surface area contributed by atoms with Gasteiger partial charge < -0.3 is 10.0 Å². The molecule has 3 heteroatoms. The summed E-state index contributed by atoms with van der Waals surface area (Å²) in [5, 5.41) is 8.95. The fourth-order valence-corrected chi connectivity index (χ4v) is 3.04. The van der Waals surface area contributed by atoms with Crippen LogP contribution in [0.3, 0.4) is 0 Å². The summed E-state index contributed by atoms with van der Waals surface area (Å²) in [6, 6.07) is 0. The number of nitrogens with zero attached hydrogens (tertiary/aromatic N) is 1. The summed E-state index contributed by atoms with van der Waals surface area (Å²) in [4.78, 5) is 14.2. The second-order valence-corrected chi connectivity index (χ2v) is 6.53. The van der Waals surface area contributed by atoms with Crippen LogP contribution in [0.2, 0.25) is 0 Å². The summed E-state index contributed by atoms with van der Waals surface area (Å²) in [5.74, 6) is 1.93. The highest BCUT2D eigenvalue weighted by Crippen LogP contribution is 2.31. The van der Waals surface area contributed by atoms with Gasteiger partial charge in [-0.25, -0.2) is 0 Å². The van der Waals surface area contributed by atoms with Crippen molar-refractivity contribution in [2.24, 2.45) is 17.8 Å². The van der Waals surface area contributed by atoms with Crippen LogP contribution in [-0.2, 0) is 4.79 Å². The monoisotopic (exact) mass is 269 g/mol. The molecule has 112 valence electrons. The molecular weight excluding hydrogens is 238 g/mol. The van der Waals surface area contributed by atoms with E-state index in [0.717, 1.165) is 51.0 Å². The highest BCUT2D eigenvalue weighted by molar-refractivity contribution is 5.78. The van der Waals surface area contributed by atoms with Gasteiger partial charge in [0.2, 0.25) is 5.91 Å². The molecule has 0 unspecified atom stereocenters. The highest BCUT2D eigenvalue weighted by atomic mass is 16.3. The van der Waals surface area contributed by atoms with E-state index in [-0.39, 0.29) is 5.92 Å². The van der Waals surface area contributed by atoms with Crippen LogP contribution in [0.1, 0.15) is 58.8 Å². The predicted molar refractivity (Wildman–Crippen MR) is 78.9 cm³/mol. The molecule has 0 atom stereocenters. The molecule has 0 aromatic rings. The molecule has 0 radical (unpaired) electrons. The average Bonchev–Trinajstić information content (AvgIpc) is 2.38. The van der Waals surface area contributed by atoms with Crippen molar-refractivity contribution < 1.29 is 9.90 Å². The van der Waals surface area contributed by atoms with Crippen molar-refractivity contribution >= 4 is 5.91 Å². The van der Waals surface area contributed by atoms with Crippen molar-refractivity contribution in [2.75, 3.05) is 20.2 Å². The zero-order valence-electron chi connectivity index (χ0n) is 12.9. The molecule has 1 rings (SSSR count). The van der Waals surface area contributed by atoms with Crippen molar-refractivity contribution in [2.45, 2.75) is 58.8 Å². The number of aliphatic hydroxyl groups is 1. The maximum atomic E-state index is 12.3. The number of carbonyl (C=O) groups is 1. The molecule has 1 aliphatic rings. The van der Waals surface area contributed by atoms with Gasteiger partial charge >= 0.3 is 0 Å². The molecule has 3 nitrogen and oxygen atoms in total. The first kappa shape index (κ1) is 16.5. The van der Waals surface area contributed by atoms with Crippen LogP contribution in [0.4, 0.5) is 0 Å². The van der Waals surface area contributed by atoms with Crippen molar-refractivity contribution in [3.05, 3.63) is 0 Å². The van der Waals surface area contributed by atoms with Gasteiger partial charge in [0.25, 0.3) is 0 Å². The summed E-state index contributed by atoms with van der Waals surface area (Å²) >= 11 is 0. The zero-order valence-corrected chi connectivity index (χ0v) is 12.9. The van der Waals surface area contributed by atoms with E-state index < -0.39 is 0 Å². The summed E-state index contributed by atoms with van der Waals surface area (Å²) in [6.45, 7) is 5.64. The van der Waals surface area contributed by atoms with Gasteiger partial charge in [-0.05, 0) is 56.8 Å². The van der Waals surface area contributed by atoms with E-state index in [4.69, 9.17) is 5.11 Å². The normalized spacial score (nSPS) is 23.6. The first-order valence-electron chi connectivity index (χ1n) is 7.90. The van der Waals surface area contributed by atoms with Crippen molar-refractivity contribution in [1.82, 2.24) is 4.90 Å². The molecular formula is C16H31NO2. The minimum atomic E-state index is 0.235. The minimum Gasteiger partial charge on any atom is -0.396 e. The largest absolute Gasteiger partial charge is 0.396 e. The van der Waals surface area contributed by atoms with Crippen molar-refractivity contribution in [3.63, 3.8) is 0 Å². The number of carbonyl (C=O) groups excluding carboxylic acids is 1. The molecule has 1 amide bonds. The lowest BCUT2D eigenvalue weighted by molar-refractivity contribution is -0.135. The fourth-order valence-electron chi connectivity index (χ4n) is 3.04. The van der Waals surface area contributed by atoms with Crippen molar-refractivity contribution in [3.8, 4) is 0 Å². The van der Waals surface area contributed by atoms with Gasteiger partial charge in [-0.15, -0.1) is 0 Å². The number of rotatable bonds is 7. The van der Waals surface area contributed by atoms with E-state index in [2.05, 4.69) is 13.8 Å². The van der Waals surface area contributed by atoms with Crippen LogP contribution in [0.5, 0.6) is 0 Å². The summed E-state index contributed by atoms with van der Waals surface area (Å²) in [7, 11) is 1.95. The Hall–Kier alpha value is -0.570. The van der Waals surface area contributed by atoms with Gasteiger partial charge in [0.05, 0.1) is 0 Å². The average molecular weight is 269 g/mol. The van der Waals surface area contributed by atoms with E-state index in [0.29, 0.717) is 18.4 Å². The van der Waals surface area contributed by atoms with E-state index in [1.54, 1.807) is 0 Å². The minimum absolute atomic E-state index is 0.235. The van der Waals surface area contributed by atoms with Gasteiger partial charge in [0, 0.05) is 26.1 Å². The van der Waals surface area contributed by atoms with Gasteiger partial charge in [0.1, 0.15) is 0 Å². The maximum Gasteiger partial charge on any atom is 0.225 e. The van der Waals surface area contributed by atoms with E-state index in [1.807, 2.05) is 11.9 Å². The van der Waals surface area contributed by atoms with Gasteiger partial charge in [-0.3, -0.25) is 4.79 Å². The maximum absolute atomic E-state index is 12.3. The molecule has 0 aliphatic heterocycles. The molecule has 0 heterocycles. The lowest BCUT2D eigenvalue weighted by atomic mass is 9.80. The number of amides is 1. The summed E-state index contributed by atoms with van der Waals surface area (Å²) < 4.78 is 0. The second kappa shape index (κ2) is 8.57. The molecule has 19 heavy (non-hydrogen) atoms. The Balaban J connectivity index is 2.26. The predicted octanol–water partition coefficient (Wildman–Crippen LogP) is 3.07. The van der Waals surface area contributed by atoms with E-state index >= 15 is 0 Å². The van der Waals surface area contributed by atoms with Crippen LogP contribution < -0.4 is 0 Å². The van der Waals surface area contributed by atoms with E-state index in [9.17, 15) is 4.79 Å². The van der Waals surface area contributed by atoms with Crippen LogP contribution >= 0.6 is 0 Å². The molecule has 0 aromatic carbocycles. The molecule has 1 N–H and O–H groups in total. The van der Waals surface area contributed by atoms with Gasteiger partial charge in [-0.2, -0.15) is 0 Å². The smallest absolute Gasteiger partial charge is 0.225 e. The third-order valence-electron chi connectivity index (χ3n) is 4.38. The lowest BCUT2D eigenvalue weighted by Crippen LogP contribution is -2.35. The third-order valence-corrected chi connectivity index (χ3v) is 4.38. The molecule has 1 fully saturated rings. The number of hydrogen-bond donors (Lipinski definition) is 1. The topological polar surface area (TPSA) is 40.5 Å². The fraction of sp³-hybridized carbons (Fsp3) is 0.938. The summed E-state index contributed by atoms with van der Waals surface area (Å²) in [6.07, 6.45) is 7.45. The molecule has 0 bridgehead atoms. The SMILES string of the molecule is CC(C)CCCN(C)C(=O)C1CCC(CCO)CC1. The summed E-state index contributed by atoms with van der Waals surface area (Å²) in [5.41, 5.74) is 0. The molecule has 1 aliphatic carbocycles. The van der Waals surface area contributed by atoms with Crippen LogP contribution in [0.15, 0.2) is 0 Å². The zero-order chi connectivity index (χ0) is 14.3. The molecule has 0 spiro atoms. The Morgan fingerprint density at radius 3 is 2.42 bits per heavy atom. The number of aliphatic hydroxyl groups excluding tert-OH is 1. The highest BCUT2D eigenvalue weighted by Gasteiger charge is 2.27. The van der Waals surface area contributed by atoms with Crippen LogP contribution in [0, 0.1) is 17.8 Å². The Bertz CT molecular complexity index is 257. The van der Waals surface area contributed by atoms with Gasteiger partial charge in [-0.1, -0.05) is 13.8 Å². The Morgan fingerprint density at radius 1 is 1.26 bits per heavy atom. The Morgan fingerprint density at radius 2 is 1.89 bits per heavy atom. The Kier molecular flexibility index (Phi) is 7.44. The van der Waals surface area contributed by atoms with Crippen molar-refractivity contribution in [1.29, 1.82) is 0 Å². The molecule has 1 saturated carbocycles. The quantitative estimate of drug-likeness (QED) is 0.771. The first-order valence-corrected chi connectivity index (χ1v) is 7.90. The first-order chi connectivity index (χ1) is 9.04. The van der Waals surface area contributed by atoms with Crippen LogP contribution in [0.25, 0.3) is 0 Å². The third kappa shape index (κ3) is 5.94. The Labute approximate surface area is 118 Å². The van der Waals surface area contributed by atoms with Crippen LogP contribution in [-0.4, -0.2) is 36.1 Å². The molecule has 0 aromatic heterocycles. The van der Waals surface area contributed by atoms with Gasteiger partial charge in [0.15, 0.2) is 0 Å². The second-order valence-electron chi connectivity index (χ2n) is 6.53. The van der Waals surface area contributed by atoms with E-state index in [1.165, 1.54) is 6.42 Å². The molecule has 0 saturated heterocycles.